The average Bonchev–Trinajstić information content (AvgIpc) is 2.89. The smallest absolute Gasteiger partial charge is 0.419 e. The molecule has 196 valence electrons. The Morgan fingerprint density at radius 3 is 2.38 bits per heavy atom. The van der Waals surface area contributed by atoms with Crippen molar-refractivity contribution in [3.63, 3.8) is 0 Å². The van der Waals surface area contributed by atoms with E-state index in [9.17, 15) is 22.4 Å². The molecule has 0 radical (unpaired) electrons. The minimum absolute atomic E-state index is 0.00661. The first kappa shape index (κ1) is 26.6. The van der Waals surface area contributed by atoms with Gasteiger partial charge < -0.3 is 15.0 Å². The summed E-state index contributed by atoms with van der Waals surface area (Å²) in [7, 11) is 0. The molecule has 2 heterocycles. The molecule has 0 aliphatic carbocycles. The van der Waals surface area contributed by atoms with Crippen molar-refractivity contribution in [2.75, 3.05) is 26.2 Å². The first-order valence-corrected chi connectivity index (χ1v) is 12.2. The van der Waals surface area contributed by atoms with Gasteiger partial charge in [-0.1, -0.05) is 37.3 Å². The number of para-hydroxylation sites is 1. The van der Waals surface area contributed by atoms with E-state index in [2.05, 4.69) is 10.3 Å². The van der Waals surface area contributed by atoms with Crippen LogP contribution < -0.4 is 10.1 Å². The van der Waals surface area contributed by atoms with Crippen LogP contribution in [-0.2, 0) is 11.0 Å². The number of carbonyl (C=O) groups excluding carboxylic acids is 1. The van der Waals surface area contributed by atoms with E-state index in [4.69, 9.17) is 4.74 Å². The van der Waals surface area contributed by atoms with Crippen molar-refractivity contribution in [1.29, 1.82) is 0 Å². The zero-order chi connectivity index (χ0) is 26.5. The van der Waals surface area contributed by atoms with Crippen LogP contribution in [0.1, 0.15) is 42.6 Å². The summed E-state index contributed by atoms with van der Waals surface area (Å²) in [5.41, 5.74) is -0.349. The van der Waals surface area contributed by atoms with E-state index in [0.29, 0.717) is 37.2 Å². The molecule has 1 aliphatic rings. The maximum atomic E-state index is 14.1. The highest BCUT2D eigenvalue weighted by atomic mass is 19.4. The number of aromatic nitrogens is 1. The number of amides is 1. The van der Waals surface area contributed by atoms with E-state index in [1.54, 1.807) is 41.4 Å². The molecule has 1 aliphatic heterocycles. The number of nitrogens with one attached hydrogen (secondary N) is 1. The van der Waals surface area contributed by atoms with Crippen LogP contribution in [-0.4, -0.2) is 42.0 Å². The van der Waals surface area contributed by atoms with Crippen molar-refractivity contribution >= 4 is 5.91 Å². The van der Waals surface area contributed by atoms with Crippen molar-refractivity contribution in [3.8, 4) is 5.75 Å². The molecule has 1 saturated heterocycles. The van der Waals surface area contributed by atoms with E-state index in [1.165, 1.54) is 30.3 Å². The maximum Gasteiger partial charge on any atom is 0.419 e. The molecule has 1 atom stereocenters. The number of hydrogen-bond acceptors (Lipinski definition) is 4. The lowest BCUT2D eigenvalue weighted by Crippen LogP contribution is -2.50. The predicted molar refractivity (Wildman–Crippen MR) is 131 cm³/mol. The number of pyridine rings is 1. The van der Waals surface area contributed by atoms with E-state index in [1.807, 2.05) is 6.92 Å². The van der Waals surface area contributed by atoms with Crippen molar-refractivity contribution < 1.29 is 27.1 Å². The summed E-state index contributed by atoms with van der Waals surface area (Å²) >= 11 is 0. The number of carbonyl (C=O) groups is 1. The van der Waals surface area contributed by atoms with Gasteiger partial charge in [0.1, 0.15) is 18.2 Å². The van der Waals surface area contributed by atoms with Crippen molar-refractivity contribution in [2.45, 2.75) is 32.0 Å². The molecule has 1 fully saturated rings. The Morgan fingerprint density at radius 2 is 1.73 bits per heavy atom. The molecule has 4 rings (SSSR count). The van der Waals surface area contributed by atoms with E-state index < -0.39 is 29.0 Å². The number of benzene rings is 2. The summed E-state index contributed by atoms with van der Waals surface area (Å²) in [6, 6.07) is 15.5. The first-order chi connectivity index (χ1) is 17.7. The van der Waals surface area contributed by atoms with Gasteiger partial charge in [-0.3, -0.25) is 9.78 Å². The number of piperidine rings is 1. The van der Waals surface area contributed by atoms with Crippen LogP contribution in [0.2, 0.25) is 0 Å². The van der Waals surface area contributed by atoms with E-state index in [0.717, 1.165) is 6.07 Å². The third kappa shape index (κ3) is 6.28. The number of hydrogen-bond donors (Lipinski definition) is 1. The topological polar surface area (TPSA) is 54.5 Å². The van der Waals surface area contributed by atoms with Crippen molar-refractivity contribution in [2.24, 2.45) is 5.41 Å². The lowest BCUT2D eigenvalue weighted by Gasteiger charge is -2.41. The molecule has 1 N–H and O–H groups in total. The Morgan fingerprint density at radius 1 is 1.05 bits per heavy atom. The highest BCUT2D eigenvalue weighted by molar-refractivity contribution is 5.83. The largest absolute Gasteiger partial charge is 0.491 e. The van der Waals surface area contributed by atoms with Crippen LogP contribution in [0, 0.1) is 11.2 Å². The summed E-state index contributed by atoms with van der Waals surface area (Å²) in [6.45, 7) is 3.10. The molecule has 0 saturated carbocycles. The summed E-state index contributed by atoms with van der Waals surface area (Å²) in [6.07, 6.45) is -1.74. The highest BCUT2D eigenvalue weighted by Crippen LogP contribution is 2.38. The lowest BCUT2D eigenvalue weighted by molar-refractivity contribution is -0.145. The van der Waals surface area contributed by atoms with Gasteiger partial charge in [-0.05, 0) is 67.9 Å². The molecule has 5 nitrogen and oxygen atoms in total. The van der Waals surface area contributed by atoms with Gasteiger partial charge in [0.25, 0.3) is 0 Å². The SMILES string of the molecule is CC1(C(=O)N(CCOc2ccccc2C(F)(F)F)[C@@H](c2ccc(F)cc2)c2ccccn2)CCNCC1. The zero-order valence-corrected chi connectivity index (χ0v) is 20.5. The minimum atomic E-state index is -4.57. The standard InChI is InChI=1S/C28H29F4N3O2/c1-27(13-16-33-17-14-27)26(36)35(18-19-37-24-8-3-2-6-22(24)28(30,31)32)25(23-7-4-5-15-34-23)20-9-11-21(29)12-10-20/h2-12,15,25,33H,13-14,16-19H2,1H3/t25-/m0/s1. The van der Waals surface area contributed by atoms with Gasteiger partial charge in [-0.15, -0.1) is 0 Å². The van der Waals surface area contributed by atoms with Gasteiger partial charge in [0, 0.05) is 11.6 Å². The zero-order valence-electron chi connectivity index (χ0n) is 20.5. The van der Waals surface area contributed by atoms with Gasteiger partial charge in [-0.2, -0.15) is 13.2 Å². The lowest BCUT2D eigenvalue weighted by atomic mass is 9.79. The van der Waals surface area contributed by atoms with Gasteiger partial charge >= 0.3 is 6.18 Å². The second-order valence-electron chi connectivity index (χ2n) is 9.36. The van der Waals surface area contributed by atoms with Gasteiger partial charge in [0.2, 0.25) is 5.91 Å². The maximum absolute atomic E-state index is 14.1. The molecule has 0 unspecified atom stereocenters. The molecule has 3 aromatic rings. The predicted octanol–water partition coefficient (Wildman–Crippen LogP) is 5.63. The fraction of sp³-hybridized carbons (Fsp3) is 0.357. The van der Waals surface area contributed by atoms with Crippen LogP contribution in [0.4, 0.5) is 17.6 Å². The average molecular weight is 516 g/mol. The van der Waals surface area contributed by atoms with Gasteiger partial charge in [-0.25, -0.2) is 4.39 Å². The monoisotopic (exact) mass is 515 g/mol. The Hall–Kier alpha value is -3.46. The van der Waals surface area contributed by atoms with Crippen molar-refractivity contribution in [3.05, 3.63) is 95.6 Å². The van der Waals surface area contributed by atoms with Crippen LogP contribution in [0.5, 0.6) is 5.75 Å². The third-order valence-corrected chi connectivity index (χ3v) is 6.73. The summed E-state index contributed by atoms with van der Waals surface area (Å²) in [5.74, 6) is -0.868. The molecular weight excluding hydrogens is 486 g/mol. The Bertz CT molecular complexity index is 1180. The van der Waals surface area contributed by atoms with Crippen LogP contribution in [0.3, 0.4) is 0 Å². The Labute approximate surface area is 213 Å². The number of rotatable bonds is 8. The number of halogens is 4. The second-order valence-corrected chi connectivity index (χ2v) is 9.36. The van der Waals surface area contributed by atoms with Gasteiger partial charge in [0.15, 0.2) is 0 Å². The summed E-state index contributed by atoms with van der Waals surface area (Å²) < 4.78 is 59.8. The van der Waals surface area contributed by atoms with E-state index in [-0.39, 0.29) is 24.8 Å². The molecule has 0 spiro atoms. The first-order valence-electron chi connectivity index (χ1n) is 12.2. The molecule has 1 aromatic heterocycles. The number of nitrogens with zero attached hydrogens (tertiary/aromatic N) is 2. The Kier molecular flexibility index (Phi) is 8.12. The third-order valence-electron chi connectivity index (χ3n) is 6.73. The fourth-order valence-corrected chi connectivity index (χ4v) is 4.66. The Balaban J connectivity index is 1.69. The van der Waals surface area contributed by atoms with Crippen LogP contribution in [0.15, 0.2) is 72.9 Å². The number of alkyl halides is 3. The highest BCUT2D eigenvalue weighted by Gasteiger charge is 2.41. The molecule has 1 amide bonds. The molecule has 2 aromatic carbocycles. The summed E-state index contributed by atoms with van der Waals surface area (Å²) in [4.78, 5) is 20.2. The normalized spacial score (nSPS) is 16.1. The van der Waals surface area contributed by atoms with Gasteiger partial charge in [0.05, 0.1) is 23.8 Å². The summed E-state index contributed by atoms with van der Waals surface area (Å²) in [5, 5.41) is 3.26. The number of ether oxygens (including phenoxy) is 1. The minimum Gasteiger partial charge on any atom is -0.491 e. The molecule has 0 bridgehead atoms. The molecular formula is C28H29F4N3O2. The second kappa shape index (κ2) is 11.3. The molecule has 37 heavy (non-hydrogen) atoms. The molecule has 9 heteroatoms. The fourth-order valence-electron chi connectivity index (χ4n) is 4.66. The van der Waals surface area contributed by atoms with E-state index >= 15 is 0 Å². The van der Waals surface area contributed by atoms with Crippen LogP contribution in [0.25, 0.3) is 0 Å². The van der Waals surface area contributed by atoms with Crippen molar-refractivity contribution in [1.82, 2.24) is 15.2 Å². The van der Waals surface area contributed by atoms with Crippen LogP contribution >= 0.6 is 0 Å². The quantitative estimate of drug-likeness (QED) is 0.396.